The minimum Gasteiger partial charge on any atom is -0.377 e. The van der Waals surface area contributed by atoms with Crippen molar-refractivity contribution in [1.82, 2.24) is 0 Å². The summed E-state index contributed by atoms with van der Waals surface area (Å²) in [6.07, 6.45) is 5.11. The summed E-state index contributed by atoms with van der Waals surface area (Å²) < 4.78 is 5.14. The standard InChI is InChI=1S/C7H14O.6CH4/c1-3-5-7-8-6-4-2;;;;;;/h3,5H,4,6-7H2,1-2H3;6*1H4. The number of hydrogen-bond donors (Lipinski definition) is 0. The van der Waals surface area contributed by atoms with Crippen molar-refractivity contribution in [3.8, 4) is 0 Å². The molecule has 0 saturated heterocycles. The first-order valence-electron chi connectivity index (χ1n) is 3.10. The van der Waals surface area contributed by atoms with Crippen molar-refractivity contribution < 1.29 is 4.74 Å². The molecule has 0 rings (SSSR count). The van der Waals surface area contributed by atoms with E-state index < -0.39 is 0 Å². The smallest absolute Gasteiger partial charge is 0.0647 e. The average molecular weight is 210 g/mol. The molecule has 0 heterocycles. The molecule has 0 N–H and O–H groups in total. The SMILES string of the molecule is C.C.C.C.C.C.CC=CCOCCC. The highest BCUT2D eigenvalue weighted by molar-refractivity contribution is 4.75. The van der Waals surface area contributed by atoms with E-state index in [2.05, 4.69) is 6.92 Å². The molecule has 0 fully saturated rings. The van der Waals surface area contributed by atoms with Gasteiger partial charge in [-0.2, -0.15) is 0 Å². The molecule has 0 aliphatic rings. The van der Waals surface area contributed by atoms with E-state index in [1.807, 2.05) is 19.1 Å². The van der Waals surface area contributed by atoms with Crippen LogP contribution in [-0.4, -0.2) is 13.2 Å². The third kappa shape index (κ3) is 60.6. The zero-order valence-corrected chi connectivity index (χ0v) is 5.68. The lowest BCUT2D eigenvalue weighted by Crippen LogP contribution is -1.90. The Morgan fingerprint density at radius 2 is 1.36 bits per heavy atom. The second-order valence-corrected chi connectivity index (χ2v) is 1.64. The fourth-order valence-corrected chi connectivity index (χ4v) is 0.392. The van der Waals surface area contributed by atoms with E-state index in [9.17, 15) is 0 Å². The predicted molar refractivity (Wildman–Crippen MR) is 76.3 cm³/mol. The third-order valence-corrected chi connectivity index (χ3v) is 0.798. The van der Waals surface area contributed by atoms with Gasteiger partial charge in [0, 0.05) is 6.61 Å². The third-order valence-electron chi connectivity index (χ3n) is 0.798. The first kappa shape index (κ1) is 49.2. The Labute approximate surface area is 95.6 Å². The van der Waals surface area contributed by atoms with Gasteiger partial charge < -0.3 is 4.74 Å². The van der Waals surface area contributed by atoms with Crippen LogP contribution in [0.1, 0.15) is 64.8 Å². The van der Waals surface area contributed by atoms with Crippen molar-refractivity contribution in [2.75, 3.05) is 13.2 Å². The van der Waals surface area contributed by atoms with Gasteiger partial charge in [0.05, 0.1) is 6.61 Å². The molecule has 0 aliphatic heterocycles. The highest BCUT2D eigenvalue weighted by Gasteiger charge is 1.76. The zero-order chi connectivity index (χ0) is 6.24. The molecule has 0 radical (unpaired) electrons. The summed E-state index contributed by atoms with van der Waals surface area (Å²) in [6.45, 7) is 5.75. The van der Waals surface area contributed by atoms with Gasteiger partial charge in [0.1, 0.15) is 0 Å². The van der Waals surface area contributed by atoms with Crippen LogP contribution in [-0.2, 0) is 4.74 Å². The Bertz CT molecular complexity index is 58.3. The van der Waals surface area contributed by atoms with Gasteiger partial charge in [-0.05, 0) is 13.3 Å². The van der Waals surface area contributed by atoms with Gasteiger partial charge in [0.25, 0.3) is 0 Å². The summed E-state index contributed by atoms with van der Waals surface area (Å²) >= 11 is 0. The van der Waals surface area contributed by atoms with Gasteiger partial charge in [-0.15, -0.1) is 0 Å². The fourth-order valence-electron chi connectivity index (χ4n) is 0.392. The van der Waals surface area contributed by atoms with E-state index >= 15 is 0 Å². The molecule has 0 unspecified atom stereocenters. The number of ether oxygens (including phenoxy) is 1. The molecular formula is C13H38O. The molecule has 96 valence electrons. The minimum absolute atomic E-state index is 0. The molecule has 0 bridgehead atoms. The maximum absolute atomic E-state index is 5.14. The largest absolute Gasteiger partial charge is 0.377 e. The van der Waals surface area contributed by atoms with E-state index in [0.29, 0.717) is 0 Å². The zero-order valence-electron chi connectivity index (χ0n) is 5.68. The summed E-state index contributed by atoms with van der Waals surface area (Å²) in [5.41, 5.74) is 0. The Morgan fingerprint density at radius 1 is 0.929 bits per heavy atom. The highest BCUT2D eigenvalue weighted by atomic mass is 16.5. The molecule has 0 spiro atoms. The summed E-state index contributed by atoms with van der Waals surface area (Å²) in [5.74, 6) is 0. The molecule has 0 aromatic heterocycles. The molecule has 0 aliphatic carbocycles. The van der Waals surface area contributed by atoms with Crippen molar-refractivity contribution in [1.29, 1.82) is 0 Å². The summed E-state index contributed by atoms with van der Waals surface area (Å²) in [5, 5.41) is 0. The van der Waals surface area contributed by atoms with Crippen LogP contribution in [0.4, 0.5) is 0 Å². The molecule has 0 aromatic carbocycles. The Morgan fingerprint density at radius 3 is 1.64 bits per heavy atom. The van der Waals surface area contributed by atoms with Gasteiger partial charge in [0.15, 0.2) is 0 Å². The van der Waals surface area contributed by atoms with Crippen molar-refractivity contribution in [3.05, 3.63) is 12.2 Å². The Kier molecular flexibility index (Phi) is 188. The maximum atomic E-state index is 5.14. The van der Waals surface area contributed by atoms with Crippen LogP contribution in [0.5, 0.6) is 0 Å². The monoisotopic (exact) mass is 210 g/mol. The van der Waals surface area contributed by atoms with Gasteiger partial charge in [-0.3, -0.25) is 0 Å². The maximum Gasteiger partial charge on any atom is 0.0647 e. The molecule has 0 saturated carbocycles. The average Bonchev–Trinajstić information content (AvgIpc) is 1.81. The van der Waals surface area contributed by atoms with Crippen molar-refractivity contribution in [2.24, 2.45) is 0 Å². The molecule has 14 heavy (non-hydrogen) atoms. The summed E-state index contributed by atoms with van der Waals surface area (Å²) in [7, 11) is 0. The number of allylic oxidation sites excluding steroid dienone is 1. The lowest BCUT2D eigenvalue weighted by Gasteiger charge is -1.93. The predicted octanol–water partition coefficient (Wildman–Crippen LogP) is 5.81. The lowest BCUT2D eigenvalue weighted by molar-refractivity contribution is 0.163. The van der Waals surface area contributed by atoms with E-state index in [-0.39, 0.29) is 44.6 Å². The van der Waals surface area contributed by atoms with E-state index in [4.69, 9.17) is 4.74 Å². The topological polar surface area (TPSA) is 9.23 Å². The van der Waals surface area contributed by atoms with Gasteiger partial charge >= 0.3 is 0 Å². The second-order valence-electron chi connectivity index (χ2n) is 1.64. The second kappa shape index (κ2) is 53.5. The first-order valence-corrected chi connectivity index (χ1v) is 3.10. The van der Waals surface area contributed by atoms with E-state index in [1.165, 1.54) is 0 Å². The van der Waals surface area contributed by atoms with Crippen LogP contribution >= 0.6 is 0 Å². The van der Waals surface area contributed by atoms with E-state index in [0.717, 1.165) is 19.6 Å². The normalized spacial score (nSPS) is 6.14. The molecule has 0 atom stereocenters. The number of hydrogen-bond acceptors (Lipinski definition) is 1. The van der Waals surface area contributed by atoms with Gasteiger partial charge in [-0.1, -0.05) is 63.6 Å². The first-order chi connectivity index (χ1) is 3.91. The molecule has 0 amide bonds. The van der Waals surface area contributed by atoms with Gasteiger partial charge in [-0.25, -0.2) is 0 Å². The van der Waals surface area contributed by atoms with Crippen LogP contribution in [0.25, 0.3) is 0 Å². The fraction of sp³-hybridized carbons (Fsp3) is 0.846. The van der Waals surface area contributed by atoms with Crippen molar-refractivity contribution >= 4 is 0 Å². The Hall–Kier alpha value is -0.300. The van der Waals surface area contributed by atoms with Crippen LogP contribution in [0.2, 0.25) is 0 Å². The quantitative estimate of drug-likeness (QED) is 0.420. The molecule has 1 heteroatoms. The minimum atomic E-state index is 0. The van der Waals surface area contributed by atoms with Crippen molar-refractivity contribution in [2.45, 2.75) is 64.8 Å². The Balaban J connectivity index is -0.0000000163. The van der Waals surface area contributed by atoms with E-state index in [1.54, 1.807) is 0 Å². The number of rotatable bonds is 4. The summed E-state index contributed by atoms with van der Waals surface area (Å²) in [6, 6.07) is 0. The van der Waals surface area contributed by atoms with Crippen LogP contribution in [0.3, 0.4) is 0 Å². The summed E-state index contributed by atoms with van der Waals surface area (Å²) in [4.78, 5) is 0. The van der Waals surface area contributed by atoms with Gasteiger partial charge in [0.2, 0.25) is 0 Å². The molecule has 0 aromatic rings. The van der Waals surface area contributed by atoms with Crippen molar-refractivity contribution in [3.63, 3.8) is 0 Å². The lowest BCUT2D eigenvalue weighted by atomic mass is 10.5. The van der Waals surface area contributed by atoms with Crippen LogP contribution in [0, 0.1) is 0 Å². The molecule has 1 nitrogen and oxygen atoms in total. The van der Waals surface area contributed by atoms with Crippen LogP contribution < -0.4 is 0 Å². The van der Waals surface area contributed by atoms with Crippen LogP contribution in [0.15, 0.2) is 12.2 Å². The highest BCUT2D eigenvalue weighted by Crippen LogP contribution is 1.80. The molecular weight excluding hydrogens is 172 g/mol.